The predicted molar refractivity (Wildman–Crippen MR) is 94.0 cm³/mol. The van der Waals surface area contributed by atoms with Crippen LogP contribution >= 0.6 is 0 Å². The molecule has 1 aliphatic heterocycles. The zero-order valence-electron chi connectivity index (χ0n) is 14.3. The van der Waals surface area contributed by atoms with E-state index in [1.807, 2.05) is 12.1 Å². The third-order valence-electron chi connectivity index (χ3n) is 4.74. The van der Waals surface area contributed by atoms with Crippen molar-refractivity contribution in [3.8, 4) is 0 Å². The third kappa shape index (κ3) is 3.49. The second kappa shape index (κ2) is 7.14. The SMILES string of the molecule is Cc1cc(C)cc(C(c2ccncc2)N2CCCCC2C(=O)O)c1. The molecule has 0 saturated carbocycles. The van der Waals surface area contributed by atoms with E-state index in [0.29, 0.717) is 6.42 Å². The number of carboxylic acids is 1. The molecule has 1 fully saturated rings. The first-order valence-electron chi connectivity index (χ1n) is 8.53. The van der Waals surface area contributed by atoms with E-state index in [2.05, 4.69) is 41.9 Å². The Kier molecular flexibility index (Phi) is 4.95. The number of carboxylic acid groups (broad SMARTS) is 1. The van der Waals surface area contributed by atoms with E-state index in [9.17, 15) is 9.90 Å². The van der Waals surface area contributed by atoms with Gasteiger partial charge in [0.25, 0.3) is 0 Å². The van der Waals surface area contributed by atoms with E-state index >= 15 is 0 Å². The molecule has 1 N–H and O–H groups in total. The summed E-state index contributed by atoms with van der Waals surface area (Å²) in [6.45, 7) is 4.98. The second-order valence-electron chi connectivity index (χ2n) is 6.69. The van der Waals surface area contributed by atoms with Gasteiger partial charge in [-0.3, -0.25) is 14.7 Å². The molecule has 4 heteroatoms. The van der Waals surface area contributed by atoms with Crippen molar-refractivity contribution >= 4 is 5.97 Å². The lowest BCUT2D eigenvalue weighted by Gasteiger charge is -2.39. The molecule has 2 heterocycles. The zero-order chi connectivity index (χ0) is 17.1. The number of aryl methyl sites for hydroxylation is 2. The minimum atomic E-state index is -0.724. The lowest BCUT2D eigenvalue weighted by molar-refractivity contribution is -0.145. The summed E-state index contributed by atoms with van der Waals surface area (Å²) in [7, 11) is 0. The van der Waals surface area contributed by atoms with Crippen LogP contribution in [0.1, 0.15) is 47.6 Å². The molecule has 2 aromatic rings. The Morgan fingerprint density at radius 1 is 1.12 bits per heavy atom. The molecule has 24 heavy (non-hydrogen) atoms. The fourth-order valence-corrected chi connectivity index (χ4v) is 3.82. The van der Waals surface area contributed by atoms with Gasteiger partial charge in [-0.2, -0.15) is 0 Å². The number of benzene rings is 1. The van der Waals surface area contributed by atoms with Crippen LogP contribution in [0.3, 0.4) is 0 Å². The monoisotopic (exact) mass is 324 g/mol. The highest BCUT2D eigenvalue weighted by Gasteiger charge is 2.35. The first-order valence-corrected chi connectivity index (χ1v) is 8.53. The number of hydrogen-bond acceptors (Lipinski definition) is 3. The second-order valence-corrected chi connectivity index (χ2v) is 6.69. The molecule has 1 aromatic heterocycles. The summed E-state index contributed by atoms with van der Waals surface area (Å²) in [5.41, 5.74) is 4.66. The van der Waals surface area contributed by atoms with Crippen LogP contribution < -0.4 is 0 Å². The molecule has 1 aromatic carbocycles. The van der Waals surface area contributed by atoms with Gasteiger partial charge in [-0.1, -0.05) is 35.7 Å². The molecular weight excluding hydrogens is 300 g/mol. The average Bonchev–Trinajstić information content (AvgIpc) is 2.55. The van der Waals surface area contributed by atoms with Gasteiger partial charge in [0.05, 0.1) is 6.04 Å². The van der Waals surface area contributed by atoms with Crippen LogP contribution in [0, 0.1) is 13.8 Å². The van der Waals surface area contributed by atoms with Crippen molar-refractivity contribution in [2.75, 3.05) is 6.54 Å². The number of piperidine rings is 1. The van der Waals surface area contributed by atoms with E-state index in [1.54, 1.807) is 12.4 Å². The van der Waals surface area contributed by atoms with Gasteiger partial charge in [0, 0.05) is 12.4 Å². The Labute approximate surface area is 143 Å². The van der Waals surface area contributed by atoms with Crippen molar-refractivity contribution in [1.29, 1.82) is 0 Å². The summed E-state index contributed by atoms with van der Waals surface area (Å²) in [6, 6.07) is 10.0. The number of carbonyl (C=O) groups is 1. The molecule has 3 rings (SSSR count). The highest BCUT2D eigenvalue weighted by molar-refractivity contribution is 5.73. The van der Waals surface area contributed by atoms with E-state index in [0.717, 1.165) is 30.5 Å². The van der Waals surface area contributed by atoms with Gasteiger partial charge in [0.15, 0.2) is 0 Å². The van der Waals surface area contributed by atoms with Crippen molar-refractivity contribution in [2.24, 2.45) is 0 Å². The molecule has 0 radical (unpaired) electrons. The molecule has 1 saturated heterocycles. The fourth-order valence-electron chi connectivity index (χ4n) is 3.82. The summed E-state index contributed by atoms with van der Waals surface area (Å²) in [5.74, 6) is -0.724. The van der Waals surface area contributed by atoms with Crippen molar-refractivity contribution in [1.82, 2.24) is 9.88 Å². The van der Waals surface area contributed by atoms with E-state index < -0.39 is 12.0 Å². The van der Waals surface area contributed by atoms with Crippen LogP contribution in [0.2, 0.25) is 0 Å². The molecular formula is C20H24N2O2. The molecule has 0 amide bonds. The number of hydrogen-bond donors (Lipinski definition) is 1. The van der Waals surface area contributed by atoms with Crippen molar-refractivity contribution in [2.45, 2.75) is 45.2 Å². The summed E-state index contributed by atoms with van der Waals surface area (Å²) in [4.78, 5) is 18.1. The van der Waals surface area contributed by atoms with Crippen LogP contribution in [0.15, 0.2) is 42.7 Å². The summed E-state index contributed by atoms with van der Waals surface area (Å²) < 4.78 is 0. The van der Waals surface area contributed by atoms with Gasteiger partial charge in [-0.25, -0.2) is 0 Å². The van der Waals surface area contributed by atoms with E-state index in [-0.39, 0.29) is 6.04 Å². The van der Waals surface area contributed by atoms with Crippen molar-refractivity contribution in [3.63, 3.8) is 0 Å². The summed E-state index contributed by atoms with van der Waals surface area (Å²) in [6.07, 6.45) is 6.29. The van der Waals surface area contributed by atoms with Crippen molar-refractivity contribution in [3.05, 3.63) is 65.0 Å². The Hall–Kier alpha value is -2.20. The first kappa shape index (κ1) is 16.7. The fraction of sp³-hybridized carbons (Fsp3) is 0.400. The lowest BCUT2D eigenvalue weighted by atomic mass is 9.90. The highest BCUT2D eigenvalue weighted by atomic mass is 16.4. The average molecular weight is 324 g/mol. The van der Waals surface area contributed by atoms with Gasteiger partial charge in [0.2, 0.25) is 0 Å². The maximum absolute atomic E-state index is 11.8. The quantitative estimate of drug-likeness (QED) is 0.931. The molecule has 0 aliphatic carbocycles. The normalized spacial score (nSPS) is 19.8. The third-order valence-corrected chi connectivity index (χ3v) is 4.74. The topological polar surface area (TPSA) is 53.4 Å². The smallest absolute Gasteiger partial charge is 0.320 e. The van der Waals surface area contributed by atoms with E-state index in [4.69, 9.17) is 0 Å². The Morgan fingerprint density at radius 3 is 2.42 bits per heavy atom. The van der Waals surface area contributed by atoms with Crippen LogP contribution in [-0.4, -0.2) is 33.5 Å². The zero-order valence-corrected chi connectivity index (χ0v) is 14.3. The number of aromatic nitrogens is 1. The molecule has 0 spiro atoms. The number of rotatable bonds is 4. The number of likely N-dealkylation sites (tertiary alicyclic amines) is 1. The van der Waals surface area contributed by atoms with Crippen LogP contribution in [0.5, 0.6) is 0 Å². The standard InChI is InChI=1S/C20H24N2O2/c1-14-11-15(2)13-17(12-14)19(16-6-8-21-9-7-16)22-10-4-3-5-18(22)20(23)24/h6-9,11-13,18-19H,3-5,10H2,1-2H3,(H,23,24). The Morgan fingerprint density at radius 2 is 1.79 bits per heavy atom. The largest absolute Gasteiger partial charge is 0.480 e. The maximum atomic E-state index is 11.8. The Balaban J connectivity index is 2.09. The van der Waals surface area contributed by atoms with Crippen LogP contribution in [0.4, 0.5) is 0 Å². The molecule has 126 valence electrons. The van der Waals surface area contributed by atoms with Gasteiger partial charge in [-0.15, -0.1) is 0 Å². The molecule has 0 bridgehead atoms. The van der Waals surface area contributed by atoms with Crippen LogP contribution in [-0.2, 0) is 4.79 Å². The number of pyridine rings is 1. The summed E-state index contributed by atoms with van der Waals surface area (Å²) in [5, 5.41) is 9.71. The Bertz CT molecular complexity index is 695. The highest BCUT2D eigenvalue weighted by Crippen LogP contribution is 2.34. The van der Waals surface area contributed by atoms with Gasteiger partial charge >= 0.3 is 5.97 Å². The first-order chi connectivity index (χ1) is 11.6. The summed E-state index contributed by atoms with van der Waals surface area (Å²) >= 11 is 0. The molecule has 4 nitrogen and oxygen atoms in total. The minimum absolute atomic E-state index is 0.0481. The van der Waals surface area contributed by atoms with Crippen molar-refractivity contribution < 1.29 is 9.90 Å². The number of aliphatic carboxylic acids is 1. The lowest BCUT2D eigenvalue weighted by Crippen LogP contribution is -2.46. The molecule has 2 atom stereocenters. The minimum Gasteiger partial charge on any atom is -0.480 e. The van der Waals surface area contributed by atoms with Gasteiger partial charge in [-0.05, 0) is 56.5 Å². The number of nitrogens with zero attached hydrogens (tertiary/aromatic N) is 2. The molecule has 1 aliphatic rings. The predicted octanol–water partition coefficient (Wildman–Crippen LogP) is 3.73. The van der Waals surface area contributed by atoms with Crippen LogP contribution in [0.25, 0.3) is 0 Å². The van der Waals surface area contributed by atoms with Gasteiger partial charge in [0.1, 0.15) is 6.04 Å². The van der Waals surface area contributed by atoms with Gasteiger partial charge < -0.3 is 5.11 Å². The molecule has 2 unspecified atom stereocenters. The maximum Gasteiger partial charge on any atom is 0.320 e. The van der Waals surface area contributed by atoms with E-state index in [1.165, 1.54) is 11.1 Å².